The van der Waals surface area contributed by atoms with Crippen LogP contribution < -0.4 is 11.1 Å². The second kappa shape index (κ2) is 11.5. The lowest BCUT2D eigenvalue weighted by Crippen LogP contribution is -2.39. The molecule has 1 saturated carbocycles. The van der Waals surface area contributed by atoms with Crippen molar-refractivity contribution in [3.8, 4) is 22.4 Å². The summed E-state index contributed by atoms with van der Waals surface area (Å²) in [6.07, 6.45) is 4.75. The van der Waals surface area contributed by atoms with Gasteiger partial charge in [0.25, 0.3) is 0 Å². The normalized spacial score (nSPS) is 17.9. The van der Waals surface area contributed by atoms with Gasteiger partial charge in [0.1, 0.15) is 5.69 Å². The molecule has 3 N–H and O–H groups in total. The highest BCUT2D eigenvalue weighted by Crippen LogP contribution is 2.34. The van der Waals surface area contributed by atoms with Crippen LogP contribution in [0, 0.1) is 5.92 Å². The summed E-state index contributed by atoms with van der Waals surface area (Å²) in [5.74, 6) is 0.907. The van der Waals surface area contributed by atoms with E-state index < -0.39 is 5.54 Å². The van der Waals surface area contributed by atoms with Gasteiger partial charge in [-0.05, 0) is 79.5 Å². The van der Waals surface area contributed by atoms with Gasteiger partial charge in [-0.3, -0.25) is 9.59 Å². The number of hydrogen-bond donors (Lipinski definition) is 2. The molecule has 1 aromatic carbocycles. The van der Waals surface area contributed by atoms with Crippen molar-refractivity contribution in [3.63, 3.8) is 0 Å². The Bertz CT molecular complexity index is 1210. The molecule has 0 bridgehead atoms. The number of hydrogen-bond acceptors (Lipinski definition) is 6. The molecule has 0 unspecified atom stereocenters. The van der Waals surface area contributed by atoms with Gasteiger partial charge in [-0.2, -0.15) is 11.3 Å². The highest BCUT2D eigenvalue weighted by molar-refractivity contribution is 7.08. The van der Waals surface area contributed by atoms with E-state index >= 15 is 0 Å². The Labute approximate surface area is 223 Å². The Balaban J connectivity index is 1.45. The minimum atomic E-state index is -0.420. The SMILES string of the molecule is CCC(=O)N(C)C1CCC(CC(=O)Nc2cc(-c3ccsc3)c(-c3ccc(C(C)(C)N)cc3)nn2)CC1. The minimum absolute atomic E-state index is 0.0470. The van der Waals surface area contributed by atoms with Gasteiger partial charge in [0.2, 0.25) is 11.8 Å². The average Bonchev–Trinajstić information content (AvgIpc) is 3.43. The van der Waals surface area contributed by atoms with Crippen LogP contribution in [0.3, 0.4) is 0 Å². The molecule has 196 valence electrons. The Morgan fingerprint density at radius 3 is 2.38 bits per heavy atom. The number of aromatic nitrogens is 2. The molecule has 8 heteroatoms. The van der Waals surface area contributed by atoms with Gasteiger partial charge in [-0.25, -0.2) is 0 Å². The van der Waals surface area contributed by atoms with Crippen molar-refractivity contribution in [1.29, 1.82) is 0 Å². The number of nitrogens with zero attached hydrogens (tertiary/aromatic N) is 3. The molecule has 0 saturated heterocycles. The Kier molecular flexibility index (Phi) is 8.39. The molecule has 37 heavy (non-hydrogen) atoms. The molecule has 1 fully saturated rings. The number of benzene rings is 1. The number of carbonyl (C=O) groups excluding carboxylic acids is 2. The Morgan fingerprint density at radius 2 is 1.78 bits per heavy atom. The molecule has 0 atom stereocenters. The number of carbonyl (C=O) groups is 2. The van der Waals surface area contributed by atoms with E-state index in [4.69, 9.17) is 5.73 Å². The van der Waals surface area contributed by atoms with Gasteiger partial charge in [-0.1, -0.05) is 31.2 Å². The van der Waals surface area contributed by atoms with Crippen LogP contribution in [-0.2, 0) is 15.1 Å². The molecule has 2 amide bonds. The largest absolute Gasteiger partial charge is 0.343 e. The summed E-state index contributed by atoms with van der Waals surface area (Å²) in [7, 11) is 1.89. The molecular formula is C29H37N5O2S. The summed E-state index contributed by atoms with van der Waals surface area (Å²) in [6, 6.07) is 12.3. The van der Waals surface area contributed by atoms with Crippen LogP contribution in [0.1, 0.15) is 64.9 Å². The maximum Gasteiger partial charge on any atom is 0.225 e. The zero-order chi connectivity index (χ0) is 26.6. The molecule has 0 radical (unpaired) electrons. The van der Waals surface area contributed by atoms with Crippen LogP contribution in [0.2, 0.25) is 0 Å². The highest BCUT2D eigenvalue weighted by Gasteiger charge is 2.27. The molecule has 0 spiro atoms. The van der Waals surface area contributed by atoms with Crippen LogP contribution >= 0.6 is 11.3 Å². The number of nitrogens with two attached hydrogens (primary N) is 1. The van der Waals surface area contributed by atoms with Crippen molar-refractivity contribution in [1.82, 2.24) is 15.1 Å². The summed E-state index contributed by atoms with van der Waals surface area (Å²) in [4.78, 5) is 26.8. The molecule has 1 aliphatic carbocycles. The summed E-state index contributed by atoms with van der Waals surface area (Å²) in [5, 5.41) is 15.9. The second-order valence-corrected chi connectivity index (χ2v) is 11.4. The molecular weight excluding hydrogens is 482 g/mol. The fraction of sp³-hybridized carbons (Fsp3) is 0.448. The number of rotatable bonds is 8. The van der Waals surface area contributed by atoms with Crippen molar-refractivity contribution in [2.24, 2.45) is 11.7 Å². The fourth-order valence-electron chi connectivity index (χ4n) is 5.01. The summed E-state index contributed by atoms with van der Waals surface area (Å²) in [5.41, 5.74) is 10.5. The van der Waals surface area contributed by atoms with E-state index in [0.717, 1.165) is 53.6 Å². The molecule has 4 rings (SSSR count). The van der Waals surface area contributed by atoms with E-state index in [2.05, 4.69) is 20.9 Å². The first kappa shape index (κ1) is 26.9. The van der Waals surface area contributed by atoms with Crippen LogP contribution in [-0.4, -0.2) is 40.0 Å². The molecule has 3 aromatic rings. The first-order chi connectivity index (χ1) is 17.7. The molecule has 2 heterocycles. The van der Waals surface area contributed by atoms with Gasteiger partial charge in [0.15, 0.2) is 5.82 Å². The third-order valence-electron chi connectivity index (χ3n) is 7.33. The molecule has 2 aromatic heterocycles. The standard InChI is InChI=1S/C29H37N5O2S/c1-5-27(36)34(4)23-12-6-19(7-13-23)16-26(35)31-25-17-24(21-14-15-37-18-21)28(33-32-25)20-8-10-22(11-9-20)29(2,3)30/h8-11,14-15,17-19,23H,5-7,12-13,16,30H2,1-4H3,(H,31,32,35). The van der Waals surface area contributed by atoms with E-state index in [9.17, 15) is 9.59 Å². The first-order valence-electron chi connectivity index (χ1n) is 13.0. The Hall–Kier alpha value is -3.10. The predicted octanol–water partition coefficient (Wildman–Crippen LogP) is 5.82. The lowest BCUT2D eigenvalue weighted by atomic mass is 9.83. The fourth-order valence-corrected chi connectivity index (χ4v) is 5.66. The number of thiophene rings is 1. The van der Waals surface area contributed by atoms with Crippen LogP contribution in [0.15, 0.2) is 47.2 Å². The van der Waals surface area contributed by atoms with Crippen molar-refractivity contribution in [3.05, 3.63) is 52.7 Å². The number of amides is 2. The van der Waals surface area contributed by atoms with Gasteiger partial charge in [-0.15, -0.1) is 10.2 Å². The lowest BCUT2D eigenvalue weighted by Gasteiger charge is -2.34. The lowest BCUT2D eigenvalue weighted by molar-refractivity contribution is -0.132. The highest BCUT2D eigenvalue weighted by atomic mass is 32.1. The van der Waals surface area contributed by atoms with Crippen LogP contribution in [0.5, 0.6) is 0 Å². The smallest absolute Gasteiger partial charge is 0.225 e. The van der Waals surface area contributed by atoms with E-state index in [0.29, 0.717) is 24.6 Å². The summed E-state index contributed by atoms with van der Waals surface area (Å²) < 4.78 is 0. The summed E-state index contributed by atoms with van der Waals surface area (Å²) >= 11 is 1.62. The van der Waals surface area contributed by atoms with Crippen molar-refractivity contribution in [2.45, 2.75) is 70.9 Å². The van der Waals surface area contributed by atoms with E-state index in [1.807, 2.05) is 74.5 Å². The molecule has 1 aliphatic rings. The quantitative estimate of drug-likeness (QED) is 0.390. The minimum Gasteiger partial charge on any atom is -0.343 e. The van der Waals surface area contributed by atoms with Crippen molar-refractivity contribution < 1.29 is 9.59 Å². The summed E-state index contributed by atoms with van der Waals surface area (Å²) in [6.45, 7) is 5.85. The first-order valence-corrected chi connectivity index (χ1v) is 14.0. The maximum absolute atomic E-state index is 12.9. The van der Waals surface area contributed by atoms with E-state index in [1.54, 1.807) is 11.3 Å². The number of nitrogens with one attached hydrogen (secondary N) is 1. The zero-order valence-corrected chi connectivity index (χ0v) is 23.0. The predicted molar refractivity (Wildman–Crippen MR) is 150 cm³/mol. The van der Waals surface area contributed by atoms with Gasteiger partial charge in [0, 0.05) is 42.6 Å². The Morgan fingerprint density at radius 1 is 1.08 bits per heavy atom. The molecule has 0 aliphatic heterocycles. The van der Waals surface area contributed by atoms with Gasteiger partial charge in [0.05, 0.1) is 0 Å². The van der Waals surface area contributed by atoms with Gasteiger partial charge >= 0.3 is 0 Å². The number of anilines is 1. The van der Waals surface area contributed by atoms with Crippen molar-refractivity contribution in [2.75, 3.05) is 12.4 Å². The second-order valence-electron chi connectivity index (χ2n) is 10.6. The van der Waals surface area contributed by atoms with Crippen LogP contribution in [0.25, 0.3) is 22.4 Å². The van der Waals surface area contributed by atoms with E-state index in [1.165, 1.54) is 0 Å². The van der Waals surface area contributed by atoms with E-state index in [-0.39, 0.29) is 17.9 Å². The molecule has 7 nitrogen and oxygen atoms in total. The maximum atomic E-state index is 12.9. The van der Waals surface area contributed by atoms with Gasteiger partial charge < -0.3 is 16.0 Å². The monoisotopic (exact) mass is 519 g/mol. The average molecular weight is 520 g/mol. The van der Waals surface area contributed by atoms with Crippen LogP contribution in [0.4, 0.5) is 5.82 Å². The topological polar surface area (TPSA) is 101 Å². The third-order valence-corrected chi connectivity index (χ3v) is 8.01. The zero-order valence-electron chi connectivity index (χ0n) is 22.2. The van der Waals surface area contributed by atoms with Crippen molar-refractivity contribution >= 4 is 29.0 Å². The third kappa shape index (κ3) is 6.62.